The smallest absolute Gasteiger partial charge is 0.325 e. The van der Waals surface area contributed by atoms with Gasteiger partial charge in [-0.25, -0.2) is 9.78 Å². The van der Waals surface area contributed by atoms with Crippen LogP contribution in [0.1, 0.15) is 24.6 Å². The largest absolute Gasteiger partial charge is 0.356 e. The summed E-state index contributed by atoms with van der Waals surface area (Å²) in [6.45, 7) is 4.64. The monoisotopic (exact) mass is 332 g/mol. The molecule has 23 heavy (non-hydrogen) atoms. The van der Waals surface area contributed by atoms with Crippen LogP contribution in [0.5, 0.6) is 0 Å². The summed E-state index contributed by atoms with van der Waals surface area (Å²) in [4.78, 5) is 27.8. The molecule has 0 aliphatic heterocycles. The quantitative estimate of drug-likeness (QED) is 0.760. The van der Waals surface area contributed by atoms with Crippen LogP contribution in [0, 0.1) is 6.92 Å². The number of benzene rings is 1. The van der Waals surface area contributed by atoms with Gasteiger partial charge in [-0.3, -0.25) is 10.1 Å². The lowest BCUT2D eigenvalue weighted by Crippen LogP contribution is -2.25. The lowest BCUT2D eigenvalue weighted by molar-refractivity contribution is -0.120. The van der Waals surface area contributed by atoms with Crippen LogP contribution < -0.4 is 16.0 Å². The van der Waals surface area contributed by atoms with Crippen LogP contribution in [0.15, 0.2) is 29.6 Å². The Bertz CT molecular complexity index is 667. The van der Waals surface area contributed by atoms with Gasteiger partial charge in [0.2, 0.25) is 5.91 Å². The summed E-state index contributed by atoms with van der Waals surface area (Å²) >= 11 is 1.29. The highest BCUT2D eigenvalue weighted by Gasteiger charge is 2.09. The SMILES string of the molecule is CCCNC(=O)Cc1csc(NC(=O)Nc2ccc(C)cc2)n1. The third-order valence-corrected chi connectivity index (χ3v) is 3.80. The van der Waals surface area contributed by atoms with Crippen LogP contribution in [0.2, 0.25) is 0 Å². The van der Waals surface area contributed by atoms with Crippen molar-refractivity contribution in [2.45, 2.75) is 26.7 Å². The molecular weight excluding hydrogens is 312 g/mol. The van der Waals surface area contributed by atoms with E-state index < -0.39 is 0 Å². The fraction of sp³-hybridized carbons (Fsp3) is 0.312. The second-order valence-corrected chi connectivity index (χ2v) is 5.97. The van der Waals surface area contributed by atoms with Gasteiger partial charge in [-0.2, -0.15) is 0 Å². The third-order valence-electron chi connectivity index (χ3n) is 3.00. The normalized spacial score (nSPS) is 10.2. The second-order valence-electron chi connectivity index (χ2n) is 5.12. The van der Waals surface area contributed by atoms with E-state index in [-0.39, 0.29) is 18.4 Å². The number of urea groups is 1. The van der Waals surface area contributed by atoms with E-state index >= 15 is 0 Å². The first-order valence-electron chi connectivity index (χ1n) is 7.42. The molecule has 0 spiro atoms. The minimum absolute atomic E-state index is 0.0622. The maximum Gasteiger partial charge on any atom is 0.325 e. The Hall–Kier alpha value is -2.41. The van der Waals surface area contributed by atoms with Crippen molar-refractivity contribution >= 4 is 34.1 Å². The number of aromatic nitrogens is 1. The van der Waals surface area contributed by atoms with Gasteiger partial charge in [0.05, 0.1) is 12.1 Å². The summed E-state index contributed by atoms with van der Waals surface area (Å²) in [5.74, 6) is -0.0622. The zero-order chi connectivity index (χ0) is 16.7. The van der Waals surface area contributed by atoms with Gasteiger partial charge in [-0.15, -0.1) is 11.3 Å². The first-order chi connectivity index (χ1) is 11.1. The predicted octanol–water partition coefficient (Wildman–Crippen LogP) is 3.16. The van der Waals surface area contributed by atoms with Crippen LogP contribution in [0.4, 0.5) is 15.6 Å². The van der Waals surface area contributed by atoms with Gasteiger partial charge in [-0.05, 0) is 25.5 Å². The van der Waals surface area contributed by atoms with Crippen molar-refractivity contribution in [1.82, 2.24) is 10.3 Å². The summed E-state index contributed by atoms with van der Waals surface area (Å²) in [5, 5.41) is 10.4. The number of rotatable bonds is 6. The highest BCUT2D eigenvalue weighted by Crippen LogP contribution is 2.16. The maximum atomic E-state index is 11.9. The van der Waals surface area contributed by atoms with E-state index in [2.05, 4.69) is 20.9 Å². The van der Waals surface area contributed by atoms with Crippen LogP contribution in [-0.2, 0) is 11.2 Å². The van der Waals surface area contributed by atoms with E-state index in [0.717, 1.165) is 12.0 Å². The average Bonchev–Trinajstić information content (AvgIpc) is 2.94. The van der Waals surface area contributed by atoms with Crippen LogP contribution in [-0.4, -0.2) is 23.5 Å². The molecule has 0 saturated heterocycles. The number of amides is 3. The van der Waals surface area contributed by atoms with Crippen molar-refractivity contribution < 1.29 is 9.59 Å². The van der Waals surface area contributed by atoms with Crippen molar-refractivity contribution in [1.29, 1.82) is 0 Å². The van der Waals surface area contributed by atoms with Crippen LogP contribution in [0.25, 0.3) is 0 Å². The Labute approximate surface area is 139 Å². The summed E-state index contributed by atoms with van der Waals surface area (Å²) in [6.07, 6.45) is 1.12. The average molecular weight is 332 g/mol. The Kier molecular flexibility index (Phi) is 6.10. The molecule has 2 aromatic rings. The Morgan fingerprint density at radius 3 is 2.61 bits per heavy atom. The molecule has 0 fully saturated rings. The number of anilines is 2. The maximum absolute atomic E-state index is 11.9. The number of hydrogen-bond donors (Lipinski definition) is 3. The zero-order valence-electron chi connectivity index (χ0n) is 13.2. The number of aryl methyl sites for hydroxylation is 1. The fourth-order valence-electron chi connectivity index (χ4n) is 1.83. The molecule has 0 aliphatic carbocycles. The summed E-state index contributed by atoms with van der Waals surface area (Å²) in [5.41, 5.74) is 2.49. The molecule has 3 N–H and O–H groups in total. The number of nitrogens with one attached hydrogen (secondary N) is 3. The molecule has 1 heterocycles. The Morgan fingerprint density at radius 2 is 1.91 bits per heavy atom. The number of nitrogens with zero attached hydrogens (tertiary/aromatic N) is 1. The highest BCUT2D eigenvalue weighted by atomic mass is 32.1. The van der Waals surface area contributed by atoms with Gasteiger partial charge in [0.1, 0.15) is 0 Å². The van der Waals surface area contributed by atoms with Crippen molar-refractivity contribution in [3.05, 3.63) is 40.9 Å². The first kappa shape index (κ1) is 17.0. The number of thiazole rings is 1. The minimum Gasteiger partial charge on any atom is -0.356 e. The van der Waals surface area contributed by atoms with Crippen LogP contribution in [0.3, 0.4) is 0 Å². The Morgan fingerprint density at radius 1 is 1.17 bits per heavy atom. The van der Waals surface area contributed by atoms with E-state index in [1.165, 1.54) is 11.3 Å². The molecule has 6 nitrogen and oxygen atoms in total. The van der Waals surface area contributed by atoms with Gasteiger partial charge in [-0.1, -0.05) is 24.6 Å². The van der Waals surface area contributed by atoms with Gasteiger partial charge in [0.15, 0.2) is 5.13 Å². The number of carbonyl (C=O) groups is 2. The molecule has 122 valence electrons. The molecule has 0 bridgehead atoms. The van der Waals surface area contributed by atoms with Gasteiger partial charge in [0, 0.05) is 17.6 Å². The van der Waals surface area contributed by atoms with Gasteiger partial charge < -0.3 is 10.6 Å². The van der Waals surface area contributed by atoms with Crippen molar-refractivity contribution in [2.75, 3.05) is 17.2 Å². The molecule has 1 aromatic heterocycles. The van der Waals surface area contributed by atoms with Crippen molar-refractivity contribution in [2.24, 2.45) is 0 Å². The molecule has 1 aromatic carbocycles. The van der Waals surface area contributed by atoms with Gasteiger partial charge in [0.25, 0.3) is 0 Å². The number of hydrogen-bond acceptors (Lipinski definition) is 4. The van der Waals surface area contributed by atoms with Crippen molar-refractivity contribution in [3.8, 4) is 0 Å². The first-order valence-corrected chi connectivity index (χ1v) is 8.30. The van der Waals surface area contributed by atoms with Gasteiger partial charge >= 0.3 is 6.03 Å². The van der Waals surface area contributed by atoms with Crippen LogP contribution >= 0.6 is 11.3 Å². The summed E-state index contributed by atoms with van der Waals surface area (Å²) in [6, 6.07) is 7.16. The second kappa shape index (κ2) is 8.28. The number of carbonyl (C=O) groups excluding carboxylic acids is 2. The zero-order valence-corrected chi connectivity index (χ0v) is 14.0. The lowest BCUT2D eigenvalue weighted by Gasteiger charge is -2.05. The minimum atomic E-state index is -0.356. The van der Waals surface area contributed by atoms with E-state index in [0.29, 0.717) is 23.1 Å². The highest BCUT2D eigenvalue weighted by molar-refractivity contribution is 7.13. The van der Waals surface area contributed by atoms with E-state index in [1.54, 1.807) is 5.38 Å². The molecule has 7 heteroatoms. The standard InChI is InChI=1S/C16H20N4O2S/c1-3-8-17-14(21)9-13-10-23-16(19-13)20-15(22)18-12-6-4-11(2)5-7-12/h4-7,10H,3,8-9H2,1-2H3,(H,17,21)(H2,18,19,20,22). The molecule has 0 radical (unpaired) electrons. The van der Waals surface area contributed by atoms with E-state index in [1.807, 2.05) is 38.1 Å². The molecule has 0 aliphatic rings. The van der Waals surface area contributed by atoms with Crippen molar-refractivity contribution in [3.63, 3.8) is 0 Å². The molecule has 0 atom stereocenters. The molecule has 0 unspecified atom stereocenters. The third kappa shape index (κ3) is 5.71. The Balaban J connectivity index is 1.84. The molecule has 3 amide bonds. The summed E-state index contributed by atoms with van der Waals surface area (Å²) in [7, 11) is 0. The molecule has 2 rings (SSSR count). The fourth-order valence-corrected chi connectivity index (χ4v) is 2.54. The molecule has 0 saturated carbocycles. The topological polar surface area (TPSA) is 83.1 Å². The molecular formula is C16H20N4O2S. The van der Waals surface area contributed by atoms with E-state index in [4.69, 9.17) is 0 Å². The lowest BCUT2D eigenvalue weighted by atomic mass is 10.2. The van der Waals surface area contributed by atoms with E-state index in [9.17, 15) is 9.59 Å². The predicted molar refractivity (Wildman–Crippen MR) is 92.9 cm³/mol. The summed E-state index contributed by atoms with van der Waals surface area (Å²) < 4.78 is 0.